The number of aliphatic carboxylic acids is 1. The van der Waals surface area contributed by atoms with Crippen LogP contribution < -0.4 is 14.2 Å². The Hall–Kier alpha value is -3.17. The van der Waals surface area contributed by atoms with Crippen LogP contribution in [-0.4, -0.2) is 31.9 Å². The van der Waals surface area contributed by atoms with Crippen molar-refractivity contribution in [3.8, 4) is 23.3 Å². The van der Waals surface area contributed by atoms with Gasteiger partial charge in [-0.1, -0.05) is 17.7 Å². The fourth-order valence-electron chi connectivity index (χ4n) is 2.21. The SMILES string of the molecule is COc1ccc(/C(C#N)=C/c2ccc(OCC(=O)O)c(Cl)c2)cc1OC. The van der Waals surface area contributed by atoms with E-state index in [1.54, 1.807) is 42.5 Å². The van der Waals surface area contributed by atoms with Gasteiger partial charge in [0, 0.05) is 0 Å². The van der Waals surface area contributed by atoms with Crippen LogP contribution in [0, 0.1) is 11.3 Å². The van der Waals surface area contributed by atoms with E-state index in [1.807, 2.05) is 0 Å². The average Bonchev–Trinajstić information content (AvgIpc) is 2.64. The van der Waals surface area contributed by atoms with E-state index in [0.717, 1.165) is 0 Å². The van der Waals surface area contributed by atoms with Gasteiger partial charge in [0.2, 0.25) is 0 Å². The van der Waals surface area contributed by atoms with Crippen molar-refractivity contribution in [3.05, 3.63) is 52.5 Å². The maximum atomic E-state index is 10.6. The van der Waals surface area contributed by atoms with E-state index in [0.29, 0.717) is 28.2 Å². The maximum Gasteiger partial charge on any atom is 0.341 e. The molecular formula is C19H16ClNO5. The van der Waals surface area contributed by atoms with Crippen LogP contribution in [0.1, 0.15) is 11.1 Å². The lowest BCUT2D eigenvalue weighted by molar-refractivity contribution is -0.139. The minimum absolute atomic E-state index is 0.254. The van der Waals surface area contributed by atoms with Crippen molar-refractivity contribution in [2.45, 2.75) is 0 Å². The van der Waals surface area contributed by atoms with E-state index in [4.69, 9.17) is 30.9 Å². The smallest absolute Gasteiger partial charge is 0.341 e. The molecule has 2 aromatic rings. The number of rotatable bonds is 7. The van der Waals surface area contributed by atoms with Gasteiger partial charge in [-0.15, -0.1) is 0 Å². The van der Waals surface area contributed by atoms with Crippen LogP contribution in [0.25, 0.3) is 11.6 Å². The van der Waals surface area contributed by atoms with Gasteiger partial charge in [-0.05, 0) is 47.5 Å². The minimum Gasteiger partial charge on any atom is -0.493 e. The second-order valence-electron chi connectivity index (χ2n) is 5.11. The first-order chi connectivity index (χ1) is 12.5. The molecule has 0 unspecified atom stereocenters. The maximum absolute atomic E-state index is 10.6. The number of nitriles is 1. The molecule has 0 radical (unpaired) electrons. The summed E-state index contributed by atoms with van der Waals surface area (Å²) in [5, 5.41) is 18.4. The molecule has 7 heteroatoms. The summed E-state index contributed by atoms with van der Waals surface area (Å²) in [4.78, 5) is 10.6. The molecule has 26 heavy (non-hydrogen) atoms. The van der Waals surface area contributed by atoms with Crippen LogP contribution >= 0.6 is 11.6 Å². The summed E-state index contributed by atoms with van der Waals surface area (Å²) in [5.41, 5.74) is 1.73. The van der Waals surface area contributed by atoms with Crippen LogP contribution in [0.4, 0.5) is 0 Å². The predicted molar refractivity (Wildman–Crippen MR) is 97.6 cm³/mol. The summed E-state index contributed by atoms with van der Waals surface area (Å²) < 4.78 is 15.5. The van der Waals surface area contributed by atoms with Crippen molar-refractivity contribution < 1.29 is 24.1 Å². The molecule has 0 aliphatic heterocycles. The summed E-state index contributed by atoms with van der Waals surface area (Å²) in [6.45, 7) is -0.482. The molecular weight excluding hydrogens is 358 g/mol. The molecule has 2 rings (SSSR count). The van der Waals surface area contributed by atoms with Crippen molar-refractivity contribution >= 4 is 29.2 Å². The van der Waals surface area contributed by atoms with Crippen LogP contribution in [0.15, 0.2) is 36.4 Å². The number of carbonyl (C=O) groups is 1. The molecule has 0 aromatic heterocycles. The number of carboxylic acid groups (broad SMARTS) is 1. The third-order valence-electron chi connectivity index (χ3n) is 3.43. The molecule has 1 N–H and O–H groups in total. The van der Waals surface area contributed by atoms with Crippen molar-refractivity contribution in [2.24, 2.45) is 0 Å². The number of allylic oxidation sites excluding steroid dienone is 1. The van der Waals surface area contributed by atoms with Crippen LogP contribution in [0.3, 0.4) is 0 Å². The molecule has 0 saturated heterocycles. The standard InChI is InChI=1S/C19H16ClNO5/c1-24-17-6-4-13(9-18(17)25-2)14(10-21)7-12-3-5-16(15(20)8-12)26-11-19(22)23/h3-9H,11H2,1-2H3,(H,22,23)/b14-7+. The third kappa shape index (κ3) is 4.68. The van der Waals surface area contributed by atoms with Gasteiger partial charge in [0.25, 0.3) is 0 Å². The second kappa shape index (κ2) is 8.79. The third-order valence-corrected chi connectivity index (χ3v) is 3.73. The Morgan fingerprint density at radius 3 is 2.42 bits per heavy atom. The van der Waals surface area contributed by atoms with Gasteiger partial charge in [0.15, 0.2) is 18.1 Å². The van der Waals surface area contributed by atoms with Crippen LogP contribution in [0.2, 0.25) is 5.02 Å². The molecule has 2 aromatic carbocycles. The molecule has 0 fully saturated rings. The Morgan fingerprint density at radius 2 is 1.85 bits per heavy atom. The summed E-state index contributed by atoms with van der Waals surface area (Å²) >= 11 is 6.11. The molecule has 6 nitrogen and oxygen atoms in total. The fraction of sp³-hybridized carbons (Fsp3) is 0.158. The summed E-state index contributed by atoms with van der Waals surface area (Å²) in [7, 11) is 3.06. The van der Waals surface area contributed by atoms with Gasteiger partial charge in [-0.3, -0.25) is 0 Å². The second-order valence-corrected chi connectivity index (χ2v) is 5.52. The zero-order valence-electron chi connectivity index (χ0n) is 14.2. The quantitative estimate of drug-likeness (QED) is 0.585. The van der Waals surface area contributed by atoms with Crippen LogP contribution in [0.5, 0.6) is 17.2 Å². The lowest BCUT2D eigenvalue weighted by atomic mass is 10.0. The Labute approximate surface area is 155 Å². The van der Waals surface area contributed by atoms with E-state index in [1.165, 1.54) is 14.2 Å². The largest absolute Gasteiger partial charge is 0.493 e. The molecule has 0 spiro atoms. The first kappa shape index (κ1) is 19.2. The van der Waals surface area contributed by atoms with E-state index >= 15 is 0 Å². The number of hydrogen-bond donors (Lipinski definition) is 1. The Balaban J connectivity index is 2.33. The van der Waals surface area contributed by atoms with Gasteiger partial charge in [0.1, 0.15) is 5.75 Å². The summed E-state index contributed by atoms with van der Waals surface area (Å²) in [6, 6.07) is 12.2. The Morgan fingerprint density at radius 1 is 1.15 bits per heavy atom. The highest BCUT2D eigenvalue weighted by molar-refractivity contribution is 6.32. The van der Waals surface area contributed by atoms with Gasteiger partial charge in [-0.2, -0.15) is 5.26 Å². The normalized spacial score (nSPS) is 10.8. The first-order valence-corrected chi connectivity index (χ1v) is 7.84. The van der Waals surface area contributed by atoms with Crippen molar-refractivity contribution in [1.82, 2.24) is 0 Å². The number of halogens is 1. The van der Waals surface area contributed by atoms with E-state index in [2.05, 4.69) is 6.07 Å². The average molecular weight is 374 g/mol. The zero-order valence-corrected chi connectivity index (χ0v) is 14.9. The first-order valence-electron chi connectivity index (χ1n) is 7.46. The number of benzene rings is 2. The topological polar surface area (TPSA) is 88.8 Å². The number of carboxylic acids is 1. The molecule has 0 saturated carbocycles. The Kier molecular flexibility index (Phi) is 6.48. The summed E-state index contributed by atoms with van der Waals surface area (Å²) in [6.07, 6.45) is 1.66. The minimum atomic E-state index is -1.09. The molecule has 134 valence electrons. The van der Waals surface area contributed by atoms with Crippen molar-refractivity contribution in [2.75, 3.05) is 20.8 Å². The Bertz CT molecular complexity index is 886. The number of ether oxygens (including phenoxy) is 3. The van der Waals surface area contributed by atoms with E-state index in [9.17, 15) is 10.1 Å². The highest BCUT2D eigenvalue weighted by Crippen LogP contribution is 2.32. The summed E-state index contributed by atoms with van der Waals surface area (Å²) in [5.74, 6) is 0.249. The van der Waals surface area contributed by atoms with Gasteiger partial charge in [0.05, 0.1) is 30.9 Å². The highest BCUT2D eigenvalue weighted by atomic mass is 35.5. The predicted octanol–water partition coefficient (Wildman–Crippen LogP) is 3.88. The van der Waals surface area contributed by atoms with E-state index in [-0.39, 0.29) is 10.8 Å². The highest BCUT2D eigenvalue weighted by Gasteiger charge is 2.09. The number of hydrogen-bond acceptors (Lipinski definition) is 5. The number of nitrogens with zero attached hydrogens (tertiary/aromatic N) is 1. The van der Waals surface area contributed by atoms with Gasteiger partial charge < -0.3 is 19.3 Å². The van der Waals surface area contributed by atoms with E-state index < -0.39 is 12.6 Å². The molecule has 0 atom stereocenters. The molecule has 0 aliphatic rings. The number of methoxy groups -OCH3 is 2. The van der Waals surface area contributed by atoms with Crippen molar-refractivity contribution in [3.63, 3.8) is 0 Å². The lowest BCUT2D eigenvalue weighted by Crippen LogP contribution is -2.09. The lowest BCUT2D eigenvalue weighted by Gasteiger charge is -2.09. The molecule has 0 bridgehead atoms. The zero-order chi connectivity index (χ0) is 19.1. The monoisotopic (exact) mass is 373 g/mol. The molecule has 0 heterocycles. The van der Waals surface area contributed by atoms with Crippen molar-refractivity contribution in [1.29, 1.82) is 5.26 Å². The van der Waals surface area contributed by atoms with Gasteiger partial charge in [-0.25, -0.2) is 4.79 Å². The molecule has 0 aliphatic carbocycles. The van der Waals surface area contributed by atoms with Gasteiger partial charge >= 0.3 is 5.97 Å². The fourth-order valence-corrected chi connectivity index (χ4v) is 2.46. The molecule has 0 amide bonds. The van der Waals surface area contributed by atoms with Crippen LogP contribution in [-0.2, 0) is 4.79 Å².